The van der Waals surface area contributed by atoms with E-state index in [2.05, 4.69) is 47.8 Å². The Kier molecular flexibility index (Phi) is 5.70. The number of hydrogen-bond donors (Lipinski definition) is 1. The van der Waals surface area contributed by atoms with Crippen LogP contribution in [0.5, 0.6) is 5.75 Å². The lowest BCUT2D eigenvalue weighted by Crippen LogP contribution is -2.23. The van der Waals surface area contributed by atoms with E-state index >= 15 is 0 Å². The summed E-state index contributed by atoms with van der Waals surface area (Å²) < 4.78 is 9.46. The van der Waals surface area contributed by atoms with Crippen LogP contribution in [0.3, 0.4) is 0 Å². The van der Waals surface area contributed by atoms with Crippen molar-refractivity contribution in [2.24, 2.45) is 0 Å². The van der Waals surface area contributed by atoms with Gasteiger partial charge in [0.05, 0.1) is 23.7 Å². The molecular weight excluding hydrogens is 282 g/mol. The molecule has 0 radical (unpaired) electrons. The van der Waals surface area contributed by atoms with Gasteiger partial charge in [0, 0.05) is 0 Å². The Morgan fingerprint density at radius 1 is 1.33 bits per heavy atom. The predicted octanol–water partition coefficient (Wildman–Crippen LogP) is 3.51. The van der Waals surface area contributed by atoms with Crippen LogP contribution in [0.2, 0.25) is 0 Å². The average Bonchev–Trinajstić information content (AvgIpc) is 2.93. The number of nitrogens with one attached hydrogen (secondary N) is 1. The van der Waals surface area contributed by atoms with E-state index in [1.54, 1.807) is 7.11 Å². The van der Waals surface area contributed by atoms with E-state index in [1.165, 1.54) is 27.5 Å². The van der Waals surface area contributed by atoms with Gasteiger partial charge in [-0.15, -0.1) is 5.10 Å². The molecule has 1 N–H and O–H groups in total. The molecule has 0 aliphatic carbocycles. The molecule has 0 spiro atoms. The zero-order valence-electron chi connectivity index (χ0n) is 13.1. The van der Waals surface area contributed by atoms with Crippen LogP contribution in [0.1, 0.15) is 48.0 Å². The van der Waals surface area contributed by atoms with E-state index in [9.17, 15) is 0 Å². The van der Waals surface area contributed by atoms with Gasteiger partial charge >= 0.3 is 0 Å². The fraction of sp³-hybridized carbons (Fsp3) is 0.500. The highest BCUT2D eigenvalue weighted by molar-refractivity contribution is 7.05. The van der Waals surface area contributed by atoms with Gasteiger partial charge in [-0.25, -0.2) is 0 Å². The van der Waals surface area contributed by atoms with Crippen LogP contribution in [0, 0.1) is 6.92 Å². The topological polar surface area (TPSA) is 47.0 Å². The van der Waals surface area contributed by atoms with E-state index in [4.69, 9.17) is 4.74 Å². The fourth-order valence-corrected chi connectivity index (χ4v) is 3.28. The van der Waals surface area contributed by atoms with Crippen LogP contribution in [0.25, 0.3) is 0 Å². The van der Waals surface area contributed by atoms with Gasteiger partial charge < -0.3 is 10.1 Å². The summed E-state index contributed by atoms with van der Waals surface area (Å²) in [5.74, 6) is 0.891. The van der Waals surface area contributed by atoms with Crippen molar-refractivity contribution in [3.05, 3.63) is 39.9 Å². The van der Waals surface area contributed by atoms with Gasteiger partial charge in [0.25, 0.3) is 0 Å². The number of rotatable bonds is 7. The molecule has 2 aromatic rings. The first-order chi connectivity index (χ1) is 10.2. The summed E-state index contributed by atoms with van der Waals surface area (Å²) in [6.07, 6.45) is 2.06. The minimum absolute atomic E-state index is 0.155. The van der Waals surface area contributed by atoms with E-state index < -0.39 is 0 Å². The third-order valence-electron chi connectivity index (χ3n) is 3.53. The molecule has 114 valence electrons. The number of benzene rings is 1. The Bertz CT molecular complexity index is 583. The Balaban J connectivity index is 2.40. The second-order valence-corrected chi connectivity index (χ2v) is 5.83. The maximum absolute atomic E-state index is 5.30. The molecule has 2 rings (SSSR count). The summed E-state index contributed by atoms with van der Waals surface area (Å²) in [5, 5.41) is 7.87. The summed E-state index contributed by atoms with van der Waals surface area (Å²) in [6.45, 7) is 7.32. The lowest BCUT2D eigenvalue weighted by molar-refractivity contribution is 0.414. The average molecular weight is 305 g/mol. The Morgan fingerprint density at radius 2 is 2.14 bits per heavy atom. The zero-order valence-corrected chi connectivity index (χ0v) is 14.0. The molecule has 0 saturated heterocycles. The van der Waals surface area contributed by atoms with Crippen molar-refractivity contribution in [1.82, 2.24) is 14.9 Å². The Hall–Kier alpha value is -1.46. The maximum Gasteiger partial charge on any atom is 0.119 e. The van der Waals surface area contributed by atoms with Crippen LogP contribution in [0.15, 0.2) is 18.2 Å². The molecule has 21 heavy (non-hydrogen) atoms. The highest BCUT2D eigenvalue weighted by Gasteiger charge is 2.21. The van der Waals surface area contributed by atoms with E-state index in [1.807, 2.05) is 6.07 Å². The SMILES string of the molecule is CCCc1nnsc1C(NCC)c1ccc(OC)cc1C. The van der Waals surface area contributed by atoms with Crippen molar-refractivity contribution in [3.8, 4) is 5.75 Å². The van der Waals surface area contributed by atoms with Crippen LogP contribution < -0.4 is 10.1 Å². The number of aromatic nitrogens is 2. The molecule has 1 aromatic carbocycles. The molecule has 1 heterocycles. The number of nitrogens with zero attached hydrogens (tertiary/aromatic N) is 2. The predicted molar refractivity (Wildman–Crippen MR) is 87.2 cm³/mol. The molecule has 0 saturated carbocycles. The zero-order chi connectivity index (χ0) is 15.2. The minimum atomic E-state index is 0.155. The van der Waals surface area contributed by atoms with E-state index in [-0.39, 0.29) is 6.04 Å². The van der Waals surface area contributed by atoms with Gasteiger partial charge in [0.15, 0.2) is 0 Å². The number of methoxy groups -OCH3 is 1. The standard InChI is InChI=1S/C16H23N3OS/c1-5-7-14-16(21-19-18-14)15(17-6-2)13-9-8-12(20-4)10-11(13)3/h8-10,15,17H,5-7H2,1-4H3. The third-order valence-corrected chi connectivity index (χ3v) is 4.36. The van der Waals surface area contributed by atoms with Crippen molar-refractivity contribution < 1.29 is 4.74 Å². The van der Waals surface area contributed by atoms with Crippen LogP contribution in [-0.4, -0.2) is 23.2 Å². The molecule has 4 nitrogen and oxygen atoms in total. The molecule has 1 unspecified atom stereocenters. The van der Waals surface area contributed by atoms with Gasteiger partial charge in [-0.3, -0.25) is 0 Å². The first-order valence-corrected chi connectivity index (χ1v) is 8.17. The van der Waals surface area contributed by atoms with Crippen molar-refractivity contribution >= 4 is 11.5 Å². The van der Waals surface area contributed by atoms with Gasteiger partial charge in [-0.05, 0) is 54.7 Å². The Labute approximate surface area is 130 Å². The van der Waals surface area contributed by atoms with E-state index in [0.29, 0.717) is 0 Å². The molecule has 0 fully saturated rings. The lowest BCUT2D eigenvalue weighted by Gasteiger charge is -2.20. The maximum atomic E-state index is 5.30. The number of hydrogen-bond acceptors (Lipinski definition) is 5. The molecule has 1 aromatic heterocycles. The quantitative estimate of drug-likeness (QED) is 0.850. The van der Waals surface area contributed by atoms with E-state index in [0.717, 1.165) is 30.8 Å². The van der Waals surface area contributed by atoms with Crippen molar-refractivity contribution in [3.63, 3.8) is 0 Å². The smallest absolute Gasteiger partial charge is 0.119 e. The fourth-order valence-electron chi connectivity index (χ4n) is 2.49. The first-order valence-electron chi connectivity index (χ1n) is 7.40. The summed E-state index contributed by atoms with van der Waals surface area (Å²) in [5.41, 5.74) is 3.60. The first kappa shape index (κ1) is 15.9. The number of ether oxygens (including phenoxy) is 1. The third kappa shape index (κ3) is 3.60. The van der Waals surface area contributed by atoms with Crippen LogP contribution >= 0.6 is 11.5 Å². The summed E-state index contributed by atoms with van der Waals surface area (Å²) >= 11 is 1.50. The normalized spacial score (nSPS) is 12.4. The van der Waals surface area contributed by atoms with Gasteiger partial charge in [-0.1, -0.05) is 30.8 Å². The summed E-state index contributed by atoms with van der Waals surface area (Å²) in [4.78, 5) is 1.23. The van der Waals surface area contributed by atoms with Gasteiger partial charge in [0.1, 0.15) is 5.75 Å². The van der Waals surface area contributed by atoms with Crippen LogP contribution in [0.4, 0.5) is 0 Å². The molecule has 0 aliphatic heterocycles. The Morgan fingerprint density at radius 3 is 2.76 bits per heavy atom. The summed E-state index contributed by atoms with van der Waals surface area (Å²) in [6, 6.07) is 6.38. The molecular formula is C16H23N3OS. The molecule has 0 bridgehead atoms. The van der Waals surface area contributed by atoms with Crippen molar-refractivity contribution in [2.45, 2.75) is 39.7 Å². The van der Waals surface area contributed by atoms with Gasteiger partial charge in [-0.2, -0.15) is 0 Å². The highest BCUT2D eigenvalue weighted by Crippen LogP contribution is 2.31. The minimum Gasteiger partial charge on any atom is -0.497 e. The molecule has 0 amide bonds. The highest BCUT2D eigenvalue weighted by atomic mass is 32.1. The molecule has 1 atom stereocenters. The number of aryl methyl sites for hydroxylation is 2. The molecule has 0 aliphatic rings. The second-order valence-electron chi connectivity index (χ2n) is 5.05. The van der Waals surface area contributed by atoms with Crippen LogP contribution in [-0.2, 0) is 6.42 Å². The van der Waals surface area contributed by atoms with Crippen molar-refractivity contribution in [2.75, 3.05) is 13.7 Å². The second kappa shape index (κ2) is 7.52. The van der Waals surface area contributed by atoms with Gasteiger partial charge in [0.2, 0.25) is 0 Å². The largest absolute Gasteiger partial charge is 0.497 e. The summed E-state index contributed by atoms with van der Waals surface area (Å²) in [7, 11) is 1.70. The lowest BCUT2D eigenvalue weighted by atomic mass is 9.98. The van der Waals surface area contributed by atoms with Crippen molar-refractivity contribution in [1.29, 1.82) is 0 Å². The molecule has 5 heteroatoms. The monoisotopic (exact) mass is 305 g/mol.